The molecule has 2 N–H and O–H groups in total. The van der Waals surface area contributed by atoms with E-state index in [-0.39, 0.29) is 33.7 Å². The van der Waals surface area contributed by atoms with Crippen LogP contribution in [0.25, 0.3) is 54.9 Å². The fraction of sp³-hybridized carbons (Fsp3) is 0.111. The standard InChI is InChI=1S/C36H18F12O2/c37-33(38,39)21-9-19(10-22(15-21)34(40,41)42)27-13-17-5-1-3-7-25(17)31(49)29(27)30-28(14-18-6-2-4-8-26(18)32(30)50)20-11-23(35(43,44)45)16-24(12-20)36(46,47)48/h1-16,49-50H. The predicted molar refractivity (Wildman–Crippen MR) is 161 cm³/mol. The highest BCUT2D eigenvalue weighted by Gasteiger charge is 2.39. The Morgan fingerprint density at radius 2 is 0.640 bits per heavy atom. The highest BCUT2D eigenvalue weighted by Crippen LogP contribution is 2.53. The Hall–Kier alpha value is -5.40. The molecule has 50 heavy (non-hydrogen) atoms. The topological polar surface area (TPSA) is 40.5 Å². The molecule has 0 bridgehead atoms. The molecule has 14 heteroatoms. The van der Waals surface area contributed by atoms with E-state index in [1.165, 1.54) is 48.5 Å². The van der Waals surface area contributed by atoms with Crippen molar-refractivity contribution >= 4 is 21.5 Å². The number of fused-ring (bicyclic) bond motifs is 2. The summed E-state index contributed by atoms with van der Waals surface area (Å²) in [5.74, 6) is -1.67. The first-order chi connectivity index (χ1) is 23.1. The van der Waals surface area contributed by atoms with Crippen molar-refractivity contribution in [2.24, 2.45) is 0 Å². The van der Waals surface area contributed by atoms with Crippen molar-refractivity contribution in [3.05, 3.63) is 119 Å². The Morgan fingerprint density at radius 3 is 0.920 bits per heavy atom. The molecule has 0 aliphatic rings. The van der Waals surface area contributed by atoms with E-state index in [9.17, 15) is 62.9 Å². The van der Waals surface area contributed by atoms with E-state index < -0.39 is 91.8 Å². The summed E-state index contributed by atoms with van der Waals surface area (Å²) in [5.41, 5.74) is -10.9. The number of phenols is 2. The van der Waals surface area contributed by atoms with Gasteiger partial charge in [-0.2, -0.15) is 52.7 Å². The lowest BCUT2D eigenvalue weighted by atomic mass is 9.83. The highest BCUT2D eigenvalue weighted by atomic mass is 19.4. The lowest BCUT2D eigenvalue weighted by Gasteiger charge is -2.22. The Morgan fingerprint density at radius 1 is 0.360 bits per heavy atom. The maximum Gasteiger partial charge on any atom is 0.416 e. The molecule has 258 valence electrons. The second kappa shape index (κ2) is 11.6. The number of halogens is 12. The molecule has 0 radical (unpaired) electrons. The van der Waals surface area contributed by atoms with Gasteiger partial charge in [-0.3, -0.25) is 0 Å². The predicted octanol–water partition coefficient (Wildman–Crippen LogP) is 12.5. The minimum absolute atomic E-state index is 0.0483. The summed E-state index contributed by atoms with van der Waals surface area (Å²) in [5, 5.41) is 23.5. The van der Waals surface area contributed by atoms with Gasteiger partial charge in [-0.25, -0.2) is 0 Å². The molecule has 0 spiro atoms. The Balaban J connectivity index is 1.83. The molecule has 0 saturated heterocycles. The van der Waals surface area contributed by atoms with Crippen LogP contribution in [0.1, 0.15) is 22.3 Å². The third kappa shape index (κ3) is 6.25. The second-order valence-electron chi connectivity index (χ2n) is 11.3. The van der Waals surface area contributed by atoms with Gasteiger partial charge in [0.1, 0.15) is 11.5 Å². The average molecular weight is 711 g/mol. The van der Waals surface area contributed by atoms with Gasteiger partial charge < -0.3 is 10.2 Å². The maximum absolute atomic E-state index is 14.0. The van der Waals surface area contributed by atoms with Crippen LogP contribution in [0.5, 0.6) is 11.5 Å². The number of alkyl halides is 12. The molecule has 0 atom stereocenters. The zero-order valence-corrected chi connectivity index (χ0v) is 24.7. The van der Waals surface area contributed by atoms with Crippen molar-refractivity contribution in [1.82, 2.24) is 0 Å². The van der Waals surface area contributed by atoms with Crippen LogP contribution >= 0.6 is 0 Å². The first kappa shape index (κ1) is 34.5. The zero-order valence-electron chi connectivity index (χ0n) is 24.7. The zero-order chi connectivity index (χ0) is 36.6. The molecule has 0 saturated carbocycles. The van der Waals surface area contributed by atoms with Gasteiger partial charge in [0.25, 0.3) is 0 Å². The third-order valence-corrected chi connectivity index (χ3v) is 8.09. The third-order valence-electron chi connectivity index (χ3n) is 8.09. The maximum atomic E-state index is 14.0. The van der Waals surface area contributed by atoms with Crippen LogP contribution < -0.4 is 0 Å². The lowest BCUT2D eigenvalue weighted by Crippen LogP contribution is -2.11. The monoisotopic (exact) mass is 710 g/mol. The molecule has 0 amide bonds. The van der Waals surface area contributed by atoms with Crippen molar-refractivity contribution in [2.75, 3.05) is 0 Å². The first-order valence-electron chi connectivity index (χ1n) is 14.2. The Bertz CT molecular complexity index is 2070. The summed E-state index contributed by atoms with van der Waals surface area (Å²) in [4.78, 5) is 0. The smallest absolute Gasteiger partial charge is 0.416 e. The Labute approximate surface area is 273 Å². The van der Waals surface area contributed by atoms with Gasteiger partial charge in [-0.1, -0.05) is 48.5 Å². The molecule has 0 aliphatic heterocycles. The van der Waals surface area contributed by atoms with E-state index in [1.807, 2.05) is 0 Å². The molecule has 0 fully saturated rings. The first-order valence-corrected chi connectivity index (χ1v) is 14.2. The van der Waals surface area contributed by atoms with Crippen LogP contribution in [0.4, 0.5) is 52.7 Å². The van der Waals surface area contributed by atoms with Crippen LogP contribution in [0.3, 0.4) is 0 Å². The van der Waals surface area contributed by atoms with E-state index >= 15 is 0 Å². The minimum atomic E-state index is -5.31. The van der Waals surface area contributed by atoms with Crippen molar-refractivity contribution in [2.45, 2.75) is 24.7 Å². The van der Waals surface area contributed by atoms with Crippen LogP contribution in [0, 0.1) is 0 Å². The van der Waals surface area contributed by atoms with E-state index in [1.54, 1.807) is 0 Å². The van der Waals surface area contributed by atoms with Gasteiger partial charge in [-0.05, 0) is 81.6 Å². The Kier molecular flexibility index (Phi) is 7.99. The minimum Gasteiger partial charge on any atom is -0.507 e. The van der Waals surface area contributed by atoms with Crippen molar-refractivity contribution < 1.29 is 62.9 Å². The fourth-order valence-corrected chi connectivity index (χ4v) is 5.84. The van der Waals surface area contributed by atoms with Crippen LogP contribution in [-0.2, 0) is 24.7 Å². The van der Waals surface area contributed by atoms with Crippen LogP contribution in [-0.4, -0.2) is 10.2 Å². The molecular weight excluding hydrogens is 692 g/mol. The van der Waals surface area contributed by atoms with E-state index in [4.69, 9.17) is 0 Å². The highest BCUT2D eigenvalue weighted by molar-refractivity contribution is 6.10. The molecular formula is C36H18F12O2. The van der Waals surface area contributed by atoms with Crippen LogP contribution in [0.2, 0.25) is 0 Å². The number of benzene rings is 6. The normalized spacial score (nSPS) is 13.0. The molecule has 6 rings (SSSR count). The summed E-state index contributed by atoms with van der Waals surface area (Å²) in [7, 11) is 0. The molecule has 6 aromatic rings. The number of hydrogen-bond acceptors (Lipinski definition) is 2. The van der Waals surface area contributed by atoms with Gasteiger partial charge in [-0.15, -0.1) is 0 Å². The average Bonchev–Trinajstić information content (AvgIpc) is 3.03. The van der Waals surface area contributed by atoms with Gasteiger partial charge in [0.05, 0.1) is 22.3 Å². The largest absolute Gasteiger partial charge is 0.507 e. The van der Waals surface area contributed by atoms with E-state index in [0.717, 1.165) is 12.1 Å². The fourth-order valence-electron chi connectivity index (χ4n) is 5.84. The number of phenolic OH excluding ortho intramolecular Hbond substituents is 2. The molecule has 0 heterocycles. The lowest BCUT2D eigenvalue weighted by molar-refractivity contribution is -0.144. The van der Waals surface area contributed by atoms with Crippen molar-refractivity contribution in [1.29, 1.82) is 0 Å². The summed E-state index contributed by atoms with van der Waals surface area (Å²) in [6.07, 6.45) is -21.2. The molecule has 0 unspecified atom stereocenters. The van der Waals surface area contributed by atoms with E-state index in [2.05, 4.69) is 0 Å². The SMILES string of the molecule is Oc1c(-c2c(-c3cc(C(F)(F)F)cc(C(F)(F)F)c3)cc3ccccc3c2O)c(-c2cc(C(F)(F)F)cc(C(F)(F)F)c2)cc2ccccc12. The second-order valence-corrected chi connectivity index (χ2v) is 11.3. The molecule has 0 aromatic heterocycles. The molecule has 0 aliphatic carbocycles. The van der Waals surface area contributed by atoms with E-state index in [0.29, 0.717) is 24.3 Å². The van der Waals surface area contributed by atoms with Gasteiger partial charge in [0.15, 0.2) is 0 Å². The van der Waals surface area contributed by atoms with Gasteiger partial charge in [0.2, 0.25) is 0 Å². The van der Waals surface area contributed by atoms with Crippen molar-refractivity contribution in [3.63, 3.8) is 0 Å². The number of hydrogen-bond donors (Lipinski definition) is 2. The van der Waals surface area contributed by atoms with Gasteiger partial charge >= 0.3 is 24.7 Å². The summed E-state index contributed by atoms with van der Waals surface area (Å²) >= 11 is 0. The molecule has 2 nitrogen and oxygen atoms in total. The summed E-state index contributed by atoms with van der Waals surface area (Å²) in [6.45, 7) is 0. The van der Waals surface area contributed by atoms with Crippen LogP contribution in [0.15, 0.2) is 97.1 Å². The van der Waals surface area contributed by atoms with Gasteiger partial charge in [0, 0.05) is 21.9 Å². The summed E-state index contributed by atoms with van der Waals surface area (Å²) in [6, 6.07) is 14.4. The summed E-state index contributed by atoms with van der Waals surface area (Å²) < 4.78 is 168. The number of aromatic hydroxyl groups is 2. The number of rotatable bonds is 3. The quantitative estimate of drug-likeness (QED) is 0.180. The molecule has 6 aromatic carbocycles. The van der Waals surface area contributed by atoms with Crippen molar-refractivity contribution in [3.8, 4) is 44.9 Å².